The topological polar surface area (TPSA) is 42.0 Å². The number of para-hydroxylation sites is 1. The predicted molar refractivity (Wildman–Crippen MR) is 123 cm³/mol. The minimum atomic E-state index is -0.266. The molecule has 0 aromatic heterocycles. The van der Waals surface area contributed by atoms with Crippen molar-refractivity contribution in [2.75, 3.05) is 33.9 Å². The van der Waals surface area contributed by atoms with Crippen molar-refractivity contribution in [1.82, 2.24) is 9.80 Å². The van der Waals surface area contributed by atoms with Gasteiger partial charge in [-0.25, -0.2) is 0 Å². The van der Waals surface area contributed by atoms with Gasteiger partial charge in [0.25, 0.3) is 0 Å². The summed E-state index contributed by atoms with van der Waals surface area (Å²) < 4.78 is 11.9. The molecule has 0 unspecified atom stereocenters. The van der Waals surface area contributed by atoms with Crippen molar-refractivity contribution in [3.8, 4) is 5.75 Å². The number of rotatable bonds is 6. The molecule has 2 fully saturated rings. The lowest BCUT2D eigenvalue weighted by Crippen LogP contribution is -2.52. The molecular formula is C26H40N2O3. The summed E-state index contributed by atoms with van der Waals surface area (Å²) in [7, 11) is 3.97. The van der Waals surface area contributed by atoms with Crippen LogP contribution in [0.25, 0.3) is 0 Å². The fourth-order valence-corrected chi connectivity index (χ4v) is 5.89. The molecule has 1 aromatic rings. The van der Waals surface area contributed by atoms with E-state index >= 15 is 0 Å². The Balaban J connectivity index is 1.42. The highest BCUT2D eigenvalue weighted by Crippen LogP contribution is 2.39. The van der Waals surface area contributed by atoms with E-state index in [9.17, 15) is 4.79 Å². The van der Waals surface area contributed by atoms with Gasteiger partial charge in [0.1, 0.15) is 11.4 Å². The highest BCUT2D eigenvalue weighted by Gasteiger charge is 2.43. The first-order valence-corrected chi connectivity index (χ1v) is 12.3. The molecule has 1 aromatic carbocycles. The van der Waals surface area contributed by atoms with Crippen LogP contribution >= 0.6 is 0 Å². The number of carbonyl (C=O) groups excluding carboxylic acids is 1. The van der Waals surface area contributed by atoms with Crippen LogP contribution < -0.4 is 4.74 Å². The largest absolute Gasteiger partial charge is 0.485 e. The molecule has 1 heterocycles. The summed E-state index contributed by atoms with van der Waals surface area (Å²) in [6.45, 7) is 3.02. The molecule has 0 saturated heterocycles. The van der Waals surface area contributed by atoms with Gasteiger partial charge < -0.3 is 19.3 Å². The number of carbonyl (C=O) groups is 1. The van der Waals surface area contributed by atoms with Gasteiger partial charge in [-0.3, -0.25) is 4.79 Å². The molecule has 2 aliphatic carbocycles. The quantitative estimate of drug-likeness (QED) is 0.662. The molecule has 0 atom stereocenters. The van der Waals surface area contributed by atoms with Crippen LogP contribution in [0, 0.1) is 5.92 Å². The first kappa shape index (κ1) is 22.6. The molecular weight excluding hydrogens is 388 g/mol. The van der Waals surface area contributed by atoms with Gasteiger partial charge in [-0.05, 0) is 57.6 Å². The maximum Gasteiger partial charge on any atom is 0.225 e. The van der Waals surface area contributed by atoms with E-state index in [-0.39, 0.29) is 11.5 Å². The lowest BCUT2D eigenvalue weighted by Gasteiger charge is -2.44. The van der Waals surface area contributed by atoms with Crippen LogP contribution in [0.1, 0.15) is 69.8 Å². The van der Waals surface area contributed by atoms with Gasteiger partial charge in [-0.2, -0.15) is 0 Å². The highest BCUT2D eigenvalue weighted by molar-refractivity contribution is 5.76. The molecule has 3 aliphatic rings. The number of methoxy groups -OCH3 is 1. The SMILES string of the molecule is COCCC(=O)N1Cc2ccccc2OC2(CCC(N(C)CC3CCCCC3)CC2)C1. The second-order valence-corrected chi connectivity index (χ2v) is 10.1. The lowest BCUT2D eigenvalue weighted by molar-refractivity contribution is -0.136. The lowest BCUT2D eigenvalue weighted by atomic mass is 9.80. The molecule has 2 saturated carbocycles. The van der Waals surface area contributed by atoms with Crippen molar-refractivity contribution in [3.63, 3.8) is 0 Å². The summed E-state index contributed by atoms with van der Waals surface area (Å²) in [4.78, 5) is 17.6. The molecule has 1 amide bonds. The molecule has 0 bridgehead atoms. The minimum Gasteiger partial charge on any atom is -0.485 e. The summed E-state index contributed by atoms with van der Waals surface area (Å²) in [5, 5.41) is 0. The second-order valence-electron chi connectivity index (χ2n) is 10.1. The number of benzene rings is 1. The maximum absolute atomic E-state index is 12.9. The standard InChI is InChI=1S/C26H40N2O3/c1-27(18-21-8-4-3-5-9-21)23-12-15-26(16-13-23)20-28(25(29)14-17-30-2)19-22-10-6-7-11-24(22)31-26/h6-7,10-11,21,23H,3-5,8-9,12-20H2,1-2H3. The normalized spacial score (nSPS) is 27.1. The van der Waals surface area contributed by atoms with Gasteiger partial charge in [-0.1, -0.05) is 37.5 Å². The Morgan fingerprint density at radius 3 is 2.65 bits per heavy atom. The van der Waals surface area contributed by atoms with Crippen molar-refractivity contribution >= 4 is 5.91 Å². The van der Waals surface area contributed by atoms with E-state index in [2.05, 4.69) is 24.1 Å². The van der Waals surface area contributed by atoms with Gasteiger partial charge in [0, 0.05) is 31.8 Å². The maximum atomic E-state index is 12.9. The van der Waals surface area contributed by atoms with Crippen LogP contribution in [0.5, 0.6) is 5.75 Å². The van der Waals surface area contributed by atoms with E-state index in [0.29, 0.717) is 32.2 Å². The first-order chi connectivity index (χ1) is 15.1. The van der Waals surface area contributed by atoms with E-state index in [0.717, 1.165) is 42.9 Å². The zero-order valence-electron chi connectivity index (χ0n) is 19.5. The highest BCUT2D eigenvalue weighted by atomic mass is 16.5. The minimum absolute atomic E-state index is 0.165. The van der Waals surface area contributed by atoms with E-state index in [1.165, 1.54) is 38.6 Å². The number of ether oxygens (including phenoxy) is 2. The Hall–Kier alpha value is -1.59. The zero-order valence-corrected chi connectivity index (χ0v) is 19.5. The third-order valence-electron chi connectivity index (χ3n) is 7.77. The molecule has 172 valence electrons. The van der Waals surface area contributed by atoms with Crippen LogP contribution in [0.15, 0.2) is 24.3 Å². The summed E-state index contributed by atoms with van der Waals surface area (Å²) >= 11 is 0. The van der Waals surface area contributed by atoms with Crippen LogP contribution in [-0.4, -0.2) is 61.2 Å². The second kappa shape index (κ2) is 10.4. The van der Waals surface area contributed by atoms with Gasteiger partial charge in [0.15, 0.2) is 0 Å². The summed E-state index contributed by atoms with van der Waals surface area (Å²) in [6.07, 6.45) is 11.8. The van der Waals surface area contributed by atoms with E-state index < -0.39 is 0 Å². The predicted octanol–water partition coefficient (Wildman–Crippen LogP) is 4.64. The Morgan fingerprint density at radius 2 is 1.90 bits per heavy atom. The van der Waals surface area contributed by atoms with E-state index in [4.69, 9.17) is 9.47 Å². The third-order valence-corrected chi connectivity index (χ3v) is 7.77. The average molecular weight is 429 g/mol. The molecule has 0 N–H and O–H groups in total. The van der Waals surface area contributed by atoms with Crippen molar-refractivity contribution in [2.45, 2.75) is 82.4 Å². The van der Waals surface area contributed by atoms with Gasteiger partial charge in [0.05, 0.1) is 19.6 Å². The Morgan fingerprint density at radius 1 is 1.16 bits per heavy atom. The van der Waals surface area contributed by atoms with Gasteiger partial charge >= 0.3 is 0 Å². The molecule has 31 heavy (non-hydrogen) atoms. The summed E-state index contributed by atoms with van der Waals surface area (Å²) in [5.74, 6) is 2.00. The van der Waals surface area contributed by atoms with E-state index in [1.54, 1.807) is 7.11 Å². The summed E-state index contributed by atoms with van der Waals surface area (Å²) in [6, 6.07) is 8.87. The molecule has 5 nitrogen and oxygen atoms in total. The smallest absolute Gasteiger partial charge is 0.225 e. The van der Waals surface area contributed by atoms with Crippen molar-refractivity contribution < 1.29 is 14.3 Å². The molecule has 5 heteroatoms. The third kappa shape index (κ3) is 5.61. The number of nitrogens with zero attached hydrogens (tertiary/aromatic N) is 2. The average Bonchev–Trinajstić information content (AvgIpc) is 2.95. The van der Waals surface area contributed by atoms with E-state index in [1.807, 2.05) is 17.0 Å². The number of amides is 1. The fourth-order valence-electron chi connectivity index (χ4n) is 5.89. The van der Waals surface area contributed by atoms with Crippen LogP contribution in [0.3, 0.4) is 0 Å². The van der Waals surface area contributed by atoms with Crippen molar-refractivity contribution in [1.29, 1.82) is 0 Å². The van der Waals surface area contributed by atoms with Crippen molar-refractivity contribution in [2.24, 2.45) is 5.92 Å². The van der Waals surface area contributed by atoms with Crippen LogP contribution in [-0.2, 0) is 16.1 Å². The molecule has 4 rings (SSSR count). The van der Waals surface area contributed by atoms with Crippen LogP contribution in [0.2, 0.25) is 0 Å². The number of fused-ring (bicyclic) bond motifs is 1. The number of hydrogen-bond acceptors (Lipinski definition) is 4. The van der Waals surface area contributed by atoms with Gasteiger partial charge in [0.2, 0.25) is 5.91 Å². The summed E-state index contributed by atoms with van der Waals surface area (Å²) in [5.41, 5.74) is 0.846. The molecule has 1 aliphatic heterocycles. The Bertz CT molecular complexity index is 723. The van der Waals surface area contributed by atoms with Crippen molar-refractivity contribution in [3.05, 3.63) is 29.8 Å². The van der Waals surface area contributed by atoms with Gasteiger partial charge in [-0.15, -0.1) is 0 Å². The van der Waals surface area contributed by atoms with Crippen LogP contribution in [0.4, 0.5) is 0 Å². The monoisotopic (exact) mass is 428 g/mol. The molecule has 1 spiro atoms. The number of hydrogen-bond donors (Lipinski definition) is 0. The molecule has 0 radical (unpaired) electrons. The fraction of sp³-hybridized carbons (Fsp3) is 0.731. The Kier molecular flexibility index (Phi) is 7.55. The first-order valence-electron chi connectivity index (χ1n) is 12.3. The zero-order chi connectivity index (χ0) is 21.7. The Labute approximate surface area is 188 Å².